The fourth-order valence-corrected chi connectivity index (χ4v) is 5.60. The second-order valence-electron chi connectivity index (χ2n) is 7.23. The molecule has 0 spiro atoms. The van der Waals surface area contributed by atoms with Crippen LogP contribution in [0.3, 0.4) is 0 Å². The van der Waals surface area contributed by atoms with Crippen molar-refractivity contribution in [3.05, 3.63) is 43.7 Å². The Morgan fingerprint density at radius 3 is 2.85 bits per heavy atom. The number of hydrogen-bond donors (Lipinski definition) is 3. The Labute approximate surface area is 165 Å². The number of thiophene rings is 1. The van der Waals surface area contributed by atoms with Crippen LogP contribution in [0, 0.1) is 6.92 Å². The van der Waals surface area contributed by atoms with Crippen molar-refractivity contribution in [1.29, 1.82) is 0 Å². The van der Waals surface area contributed by atoms with E-state index in [2.05, 4.69) is 45.3 Å². The maximum Gasteiger partial charge on any atom is 0.256 e. The number of benzene rings is 1. The Hall–Kier alpha value is -1.57. The predicted octanol–water partition coefficient (Wildman–Crippen LogP) is 4.15. The molecule has 1 atom stereocenters. The van der Waals surface area contributed by atoms with E-state index >= 15 is 0 Å². The van der Waals surface area contributed by atoms with E-state index in [1.807, 2.05) is 19.1 Å². The first-order chi connectivity index (χ1) is 12.3. The molecule has 7 heteroatoms. The molecule has 4 rings (SSSR count). The van der Waals surface area contributed by atoms with E-state index in [9.17, 15) is 9.90 Å². The van der Waals surface area contributed by atoms with E-state index in [1.54, 1.807) is 11.3 Å². The number of phenolic OH excluding ortho intramolecular Hbond substituents is 1. The van der Waals surface area contributed by atoms with Gasteiger partial charge in [-0.25, -0.2) is 0 Å². The summed E-state index contributed by atoms with van der Waals surface area (Å²) in [6.45, 7) is 8.14. The van der Waals surface area contributed by atoms with Crippen LogP contribution in [0.1, 0.15) is 51.9 Å². The molecule has 138 valence electrons. The normalized spacial score (nSPS) is 19.7. The van der Waals surface area contributed by atoms with Crippen LogP contribution in [-0.4, -0.2) is 28.5 Å². The average Bonchev–Trinajstić information content (AvgIpc) is 2.95. The van der Waals surface area contributed by atoms with Crippen LogP contribution in [0.25, 0.3) is 0 Å². The van der Waals surface area contributed by atoms with Crippen LogP contribution in [-0.2, 0) is 13.0 Å². The third-order valence-electron chi connectivity index (χ3n) is 5.20. The van der Waals surface area contributed by atoms with Crippen LogP contribution in [0.15, 0.2) is 16.6 Å². The van der Waals surface area contributed by atoms with E-state index in [0.717, 1.165) is 40.1 Å². The average molecular weight is 436 g/mol. The zero-order valence-corrected chi connectivity index (χ0v) is 17.4. The number of carbonyl (C=O) groups excluding carboxylic acids is 1. The molecule has 1 aromatic heterocycles. The van der Waals surface area contributed by atoms with Gasteiger partial charge in [0.2, 0.25) is 0 Å². The second-order valence-corrected chi connectivity index (χ2v) is 9.25. The fourth-order valence-electron chi connectivity index (χ4n) is 3.71. The summed E-state index contributed by atoms with van der Waals surface area (Å²) in [4.78, 5) is 16.6. The number of fused-ring (bicyclic) bond motifs is 3. The maximum absolute atomic E-state index is 12.8. The van der Waals surface area contributed by atoms with Gasteiger partial charge in [0.1, 0.15) is 16.9 Å². The third-order valence-corrected chi connectivity index (χ3v) is 6.81. The van der Waals surface area contributed by atoms with Gasteiger partial charge in [-0.2, -0.15) is 0 Å². The van der Waals surface area contributed by atoms with Crippen molar-refractivity contribution in [1.82, 2.24) is 10.2 Å². The minimum absolute atomic E-state index is 0.0590. The number of aryl methyl sites for hydroxylation is 1. The van der Waals surface area contributed by atoms with Gasteiger partial charge in [0.25, 0.3) is 5.91 Å². The van der Waals surface area contributed by atoms with Gasteiger partial charge in [0.05, 0.1) is 5.56 Å². The number of phenols is 1. The standard InChI is InChI=1S/C19H22BrN3O2S/c1-9(2)23-5-4-12-14(8-23)26-19-15(12)18(25)21-17(22-19)13-7-11(20)6-10(3)16(13)24/h6-7,9,17,22,24H,4-5,8H2,1-3H3,(H,21,25). The molecule has 0 saturated carbocycles. The molecule has 3 N–H and O–H groups in total. The van der Waals surface area contributed by atoms with Crippen LogP contribution >= 0.6 is 27.3 Å². The van der Waals surface area contributed by atoms with Crippen LogP contribution < -0.4 is 10.6 Å². The summed E-state index contributed by atoms with van der Waals surface area (Å²) in [5.41, 5.74) is 3.41. The molecular formula is C19H22BrN3O2S. The van der Waals surface area contributed by atoms with Gasteiger partial charge in [-0.05, 0) is 50.5 Å². The van der Waals surface area contributed by atoms with Crippen LogP contribution in [0.5, 0.6) is 5.75 Å². The highest BCUT2D eigenvalue weighted by atomic mass is 79.9. The molecule has 0 bridgehead atoms. The minimum Gasteiger partial charge on any atom is -0.507 e. The zero-order valence-electron chi connectivity index (χ0n) is 15.0. The van der Waals surface area contributed by atoms with Gasteiger partial charge >= 0.3 is 0 Å². The number of aromatic hydroxyl groups is 1. The monoisotopic (exact) mass is 435 g/mol. The third kappa shape index (κ3) is 2.92. The molecule has 2 aliphatic heterocycles. The Morgan fingerprint density at radius 2 is 2.12 bits per heavy atom. The van der Waals surface area contributed by atoms with Crippen molar-refractivity contribution in [2.45, 2.75) is 45.9 Å². The molecule has 2 aliphatic rings. The lowest BCUT2D eigenvalue weighted by Gasteiger charge is -2.31. The highest BCUT2D eigenvalue weighted by Gasteiger charge is 2.34. The summed E-state index contributed by atoms with van der Waals surface area (Å²) in [5.74, 6) is 0.151. The quantitative estimate of drug-likeness (QED) is 0.662. The number of rotatable bonds is 2. The molecule has 1 aromatic carbocycles. The molecule has 5 nitrogen and oxygen atoms in total. The van der Waals surface area contributed by atoms with Gasteiger partial charge in [0, 0.05) is 34.0 Å². The van der Waals surface area contributed by atoms with E-state index in [0.29, 0.717) is 11.6 Å². The van der Waals surface area contributed by atoms with Gasteiger partial charge in [-0.1, -0.05) is 15.9 Å². The number of carbonyl (C=O) groups is 1. The summed E-state index contributed by atoms with van der Waals surface area (Å²) in [6.07, 6.45) is 0.466. The lowest BCUT2D eigenvalue weighted by Crippen LogP contribution is -2.39. The SMILES string of the molecule is Cc1cc(Br)cc(C2NC(=O)c3c(sc4c3CCN(C(C)C)C4)N2)c1O. The van der Waals surface area contributed by atoms with Crippen molar-refractivity contribution in [3.63, 3.8) is 0 Å². The summed E-state index contributed by atoms with van der Waals surface area (Å²) in [6, 6.07) is 4.21. The summed E-state index contributed by atoms with van der Waals surface area (Å²) < 4.78 is 0.877. The highest BCUT2D eigenvalue weighted by molar-refractivity contribution is 9.10. The van der Waals surface area contributed by atoms with Crippen molar-refractivity contribution in [2.24, 2.45) is 0 Å². The van der Waals surface area contributed by atoms with Crippen molar-refractivity contribution < 1.29 is 9.90 Å². The molecule has 26 heavy (non-hydrogen) atoms. The van der Waals surface area contributed by atoms with E-state index in [1.165, 1.54) is 10.4 Å². The van der Waals surface area contributed by atoms with E-state index in [4.69, 9.17) is 0 Å². The molecule has 2 aromatic rings. The number of halogens is 1. The zero-order chi connectivity index (χ0) is 18.6. The highest BCUT2D eigenvalue weighted by Crippen LogP contribution is 2.42. The second kappa shape index (κ2) is 6.55. The molecule has 0 fully saturated rings. The first kappa shape index (κ1) is 17.8. The molecule has 0 radical (unpaired) electrons. The summed E-state index contributed by atoms with van der Waals surface area (Å²) in [5, 5.41) is 17.8. The van der Waals surface area contributed by atoms with Crippen LogP contribution in [0.2, 0.25) is 0 Å². The minimum atomic E-state index is -0.437. The molecule has 0 aliphatic carbocycles. The number of hydrogen-bond acceptors (Lipinski definition) is 5. The summed E-state index contributed by atoms with van der Waals surface area (Å²) >= 11 is 5.14. The van der Waals surface area contributed by atoms with E-state index in [-0.39, 0.29) is 11.7 Å². The molecule has 1 unspecified atom stereocenters. The topological polar surface area (TPSA) is 64.6 Å². The number of nitrogens with one attached hydrogen (secondary N) is 2. The van der Waals surface area contributed by atoms with Gasteiger partial charge < -0.3 is 15.7 Å². The lowest BCUT2D eigenvalue weighted by molar-refractivity contribution is 0.0934. The van der Waals surface area contributed by atoms with Crippen LogP contribution in [0.4, 0.5) is 5.00 Å². The molecular weight excluding hydrogens is 414 g/mol. The maximum atomic E-state index is 12.8. The number of anilines is 1. The first-order valence-electron chi connectivity index (χ1n) is 8.80. The molecule has 1 amide bonds. The van der Waals surface area contributed by atoms with Gasteiger partial charge in [-0.15, -0.1) is 11.3 Å². The fraction of sp³-hybridized carbons (Fsp3) is 0.421. The van der Waals surface area contributed by atoms with E-state index < -0.39 is 6.17 Å². The molecule has 0 saturated heterocycles. The number of nitrogens with zero attached hydrogens (tertiary/aromatic N) is 1. The Kier molecular flexibility index (Phi) is 4.49. The Morgan fingerprint density at radius 1 is 1.35 bits per heavy atom. The smallest absolute Gasteiger partial charge is 0.256 e. The first-order valence-corrected chi connectivity index (χ1v) is 10.4. The Balaban J connectivity index is 1.69. The largest absolute Gasteiger partial charge is 0.507 e. The van der Waals surface area contributed by atoms with Crippen molar-refractivity contribution in [2.75, 3.05) is 11.9 Å². The lowest BCUT2D eigenvalue weighted by atomic mass is 9.99. The van der Waals surface area contributed by atoms with Gasteiger partial charge in [-0.3, -0.25) is 9.69 Å². The van der Waals surface area contributed by atoms with Gasteiger partial charge in [0.15, 0.2) is 0 Å². The van der Waals surface area contributed by atoms with Crippen molar-refractivity contribution in [3.8, 4) is 5.75 Å². The summed E-state index contributed by atoms with van der Waals surface area (Å²) in [7, 11) is 0. The van der Waals surface area contributed by atoms with Crippen molar-refractivity contribution >= 4 is 38.2 Å². The Bertz CT molecular complexity index is 893. The molecule has 3 heterocycles. The predicted molar refractivity (Wildman–Crippen MR) is 108 cm³/mol. The number of amides is 1.